The molecular weight excluding hydrogens is 828 g/mol. The highest BCUT2D eigenvalue weighted by Gasteiger charge is 2.47. The molecule has 318 valence electrons. The van der Waals surface area contributed by atoms with E-state index < -0.39 is 0 Å². The Labute approximate surface area is 390 Å². The van der Waals surface area contributed by atoms with E-state index in [0.717, 1.165) is 28.0 Å². The smallest absolute Gasteiger partial charge is 0.297 e. The molecule has 2 aliphatic rings. The van der Waals surface area contributed by atoms with Crippen LogP contribution in [0.4, 0.5) is 34.1 Å². The number of hydrogen-bond donors (Lipinski definition) is 0. The van der Waals surface area contributed by atoms with Crippen molar-refractivity contribution in [2.75, 3.05) is 9.80 Å². The molecule has 0 fully saturated rings. The molecule has 2 aliphatic heterocycles. The van der Waals surface area contributed by atoms with Gasteiger partial charge in [0.1, 0.15) is 5.58 Å². The minimum atomic E-state index is -0.153. The Balaban J connectivity index is 1.15. The molecular formula is C59H51BN2OS2. The van der Waals surface area contributed by atoms with E-state index in [2.05, 4.69) is 216 Å². The summed E-state index contributed by atoms with van der Waals surface area (Å²) >= 11 is 3.63. The number of rotatable bonds is 4. The van der Waals surface area contributed by atoms with E-state index in [-0.39, 0.29) is 17.5 Å². The van der Waals surface area contributed by atoms with E-state index in [1.807, 2.05) is 22.7 Å². The van der Waals surface area contributed by atoms with Crippen LogP contribution in [0.15, 0.2) is 149 Å². The third-order valence-electron chi connectivity index (χ3n) is 14.0. The average molecular weight is 879 g/mol. The average Bonchev–Trinajstić information content (AvgIpc) is 4.02. The molecule has 0 aliphatic carbocycles. The number of hydrogen-bond acceptors (Lipinski definition) is 5. The number of aryl methyl sites for hydroxylation is 3. The van der Waals surface area contributed by atoms with Gasteiger partial charge in [0.25, 0.3) is 6.71 Å². The standard InChI is InChI=1S/C59H51BN2OS2/c1-34-26-49-54-50(27-34)62(55-35(2)28-40(29-36(55)3)59(7,8)9)56-44-31-39(58(4,5)6)21-25-51(44)63-57(56)60(54)47-30-38(46-33-65-53-17-13-11-15-43(46)53)20-24-48(47)61(49)41-22-18-37(19-23-41)45-32-64-52-16-12-10-14-42(45)52/h10-33H,1-9H3. The van der Waals surface area contributed by atoms with Crippen molar-refractivity contribution < 1.29 is 4.42 Å². The van der Waals surface area contributed by atoms with Gasteiger partial charge in [-0.05, 0) is 147 Å². The van der Waals surface area contributed by atoms with Gasteiger partial charge in [0, 0.05) is 59.4 Å². The summed E-state index contributed by atoms with van der Waals surface area (Å²) in [5.74, 6) is 0. The molecule has 6 heteroatoms. The molecule has 0 saturated heterocycles. The number of anilines is 6. The van der Waals surface area contributed by atoms with E-state index in [4.69, 9.17) is 4.42 Å². The van der Waals surface area contributed by atoms with Crippen LogP contribution >= 0.6 is 22.7 Å². The molecule has 12 rings (SSSR count). The molecule has 0 N–H and O–H groups in total. The van der Waals surface area contributed by atoms with Crippen LogP contribution in [0.3, 0.4) is 0 Å². The zero-order chi connectivity index (χ0) is 44.7. The van der Waals surface area contributed by atoms with E-state index in [1.165, 1.54) is 104 Å². The lowest BCUT2D eigenvalue weighted by atomic mass is 9.35. The Morgan fingerprint density at radius 1 is 0.508 bits per heavy atom. The molecule has 3 aromatic heterocycles. The zero-order valence-electron chi connectivity index (χ0n) is 38.6. The van der Waals surface area contributed by atoms with E-state index in [9.17, 15) is 0 Å². The molecule has 0 radical (unpaired) electrons. The van der Waals surface area contributed by atoms with Gasteiger partial charge in [0.05, 0.1) is 17.0 Å². The van der Waals surface area contributed by atoms with Gasteiger partial charge in [-0.25, -0.2) is 0 Å². The highest BCUT2D eigenvalue weighted by molar-refractivity contribution is 7.18. The van der Waals surface area contributed by atoms with Crippen molar-refractivity contribution in [3.05, 3.63) is 172 Å². The quantitative estimate of drug-likeness (QED) is 0.164. The van der Waals surface area contributed by atoms with Crippen LogP contribution in [0.1, 0.15) is 69.4 Å². The summed E-state index contributed by atoms with van der Waals surface area (Å²) in [5.41, 5.74) is 22.8. The van der Waals surface area contributed by atoms with Crippen molar-refractivity contribution in [1.29, 1.82) is 0 Å². The van der Waals surface area contributed by atoms with Gasteiger partial charge in [-0.2, -0.15) is 0 Å². The van der Waals surface area contributed by atoms with Crippen molar-refractivity contribution in [1.82, 2.24) is 0 Å². The zero-order valence-corrected chi connectivity index (χ0v) is 40.2. The summed E-state index contributed by atoms with van der Waals surface area (Å²) in [7, 11) is 0. The predicted molar refractivity (Wildman–Crippen MR) is 283 cm³/mol. The van der Waals surface area contributed by atoms with Crippen molar-refractivity contribution >= 4 is 111 Å². The van der Waals surface area contributed by atoms with Crippen LogP contribution in [0.5, 0.6) is 0 Å². The van der Waals surface area contributed by atoms with Gasteiger partial charge in [-0.3, -0.25) is 0 Å². The van der Waals surface area contributed by atoms with Gasteiger partial charge in [-0.1, -0.05) is 120 Å². The normalized spacial score (nSPS) is 13.5. The fourth-order valence-electron chi connectivity index (χ4n) is 10.7. The Bertz CT molecular complexity index is 3550. The lowest BCUT2D eigenvalue weighted by Crippen LogP contribution is -2.61. The molecule has 0 unspecified atom stereocenters. The lowest BCUT2D eigenvalue weighted by molar-refractivity contribution is 0.589. The maximum absolute atomic E-state index is 7.38. The molecule has 3 nitrogen and oxygen atoms in total. The summed E-state index contributed by atoms with van der Waals surface area (Å²) in [6.07, 6.45) is 0. The molecule has 0 spiro atoms. The first-order valence-corrected chi connectivity index (χ1v) is 24.6. The van der Waals surface area contributed by atoms with Crippen LogP contribution in [0.25, 0.3) is 53.4 Å². The third-order valence-corrected chi connectivity index (χ3v) is 15.9. The first kappa shape index (κ1) is 40.2. The van der Waals surface area contributed by atoms with Gasteiger partial charge in [0.2, 0.25) is 0 Å². The fraction of sp³-hybridized carbons (Fsp3) is 0.186. The first-order valence-electron chi connectivity index (χ1n) is 22.8. The molecule has 5 heterocycles. The maximum atomic E-state index is 7.38. The number of furan rings is 1. The van der Waals surface area contributed by atoms with Crippen molar-refractivity contribution in [2.45, 2.75) is 73.1 Å². The fourth-order valence-corrected chi connectivity index (χ4v) is 12.6. The summed E-state index contributed by atoms with van der Waals surface area (Å²) < 4.78 is 9.99. The second kappa shape index (κ2) is 14.3. The number of benzene rings is 7. The SMILES string of the molecule is Cc1cc2c3c(c1)N(c1c(C)cc(C(C)(C)C)cc1C)c1c(oc4ccc(C(C)(C)C)cc14)B3c1cc(-c3csc4ccccc34)ccc1N2c1ccc(-c2csc3ccccc23)cc1. The topological polar surface area (TPSA) is 19.6 Å². The van der Waals surface area contributed by atoms with Gasteiger partial charge in [0.15, 0.2) is 0 Å². The number of nitrogens with zero attached hydrogens (tertiary/aromatic N) is 2. The second-order valence-corrected chi connectivity index (χ2v) is 22.2. The van der Waals surface area contributed by atoms with Crippen molar-refractivity contribution in [2.24, 2.45) is 0 Å². The van der Waals surface area contributed by atoms with Crippen LogP contribution in [-0.4, -0.2) is 6.71 Å². The van der Waals surface area contributed by atoms with Gasteiger partial charge >= 0.3 is 0 Å². The molecule has 7 aromatic carbocycles. The summed E-state index contributed by atoms with van der Waals surface area (Å²) in [6.45, 7) is 20.6. The van der Waals surface area contributed by atoms with Gasteiger partial charge in [-0.15, -0.1) is 22.7 Å². The van der Waals surface area contributed by atoms with Crippen LogP contribution in [-0.2, 0) is 10.8 Å². The first-order chi connectivity index (χ1) is 31.2. The molecule has 10 aromatic rings. The van der Waals surface area contributed by atoms with E-state index >= 15 is 0 Å². The largest absolute Gasteiger partial charge is 0.468 e. The van der Waals surface area contributed by atoms with Crippen LogP contribution in [0.2, 0.25) is 0 Å². The van der Waals surface area contributed by atoms with Crippen LogP contribution in [0, 0.1) is 20.8 Å². The maximum Gasteiger partial charge on any atom is 0.297 e. The summed E-state index contributed by atoms with van der Waals surface area (Å²) in [4.78, 5) is 5.10. The number of thiophene rings is 2. The summed E-state index contributed by atoms with van der Waals surface area (Å²) in [5, 5.41) is 8.38. The Morgan fingerprint density at radius 2 is 1.09 bits per heavy atom. The van der Waals surface area contributed by atoms with Crippen molar-refractivity contribution in [3.63, 3.8) is 0 Å². The Hall–Kier alpha value is -6.34. The monoisotopic (exact) mass is 878 g/mol. The Kier molecular flexibility index (Phi) is 8.86. The molecule has 0 saturated carbocycles. The minimum Gasteiger partial charge on any atom is -0.468 e. The van der Waals surface area contributed by atoms with E-state index in [1.54, 1.807) is 0 Å². The van der Waals surface area contributed by atoms with Crippen LogP contribution < -0.4 is 26.4 Å². The summed E-state index contributed by atoms with van der Waals surface area (Å²) in [6, 6.07) is 50.5. The second-order valence-electron chi connectivity index (χ2n) is 20.4. The highest BCUT2D eigenvalue weighted by atomic mass is 32.1. The highest BCUT2D eigenvalue weighted by Crippen LogP contribution is 2.50. The predicted octanol–water partition coefficient (Wildman–Crippen LogP) is 15.8. The molecule has 0 atom stereocenters. The lowest BCUT2D eigenvalue weighted by Gasteiger charge is -2.43. The van der Waals surface area contributed by atoms with E-state index in [0.29, 0.717) is 0 Å². The number of fused-ring (bicyclic) bond motifs is 8. The molecule has 0 bridgehead atoms. The minimum absolute atomic E-state index is 0.0143. The van der Waals surface area contributed by atoms with Gasteiger partial charge < -0.3 is 14.2 Å². The molecule has 0 amide bonds. The Morgan fingerprint density at radius 3 is 1.72 bits per heavy atom. The molecule has 65 heavy (non-hydrogen) atoms. The van der Waals surface area contributed by atoms with Crippen molar-refractivity contribution in [3.8, 4) is 22.3 Å². The third kappa shape index (κ3) is 6.21.